The summed E-state index contributed by atoms with van der Waals surface area (Å²) in [5.74, 6) is 0.446. The quantitative estimate of drug-likeness (QED) is 0.326. The van der Waals surface area contributed by atoms with Crippen LogP contribution < -0.4 is 14.8 Å². The Hall–Kier alpha value is -3.08. The number of phosphoric ester groups is 1. The first-order valence-electron chi connectivity index (χ1n) is 8.66. The minimum Gasteiger partial charge on any atom is -0.399 e. The van der Waals surface area contributed by atoms with E-state index in [4.69, 9.17) is 14.8 Å². The van der Waals surface area contributed by atoms with Gasteiger partial charge in [0, 0.05) is 17.7 Å². The maximum absolute atomic E-state index is 12.2. The van der Waals surface area contributed by atoms with Crippen LogP contribution >= 0.6 is 7.82 Å². The van der Waals surface area contributed by atoms with E-state index >= 15 is 0 Å². The molecule has 0 aliphatic heterocycles. The third kappa shape index (κ3) is 5.71. The van der Waals surface area contributed by atoms with E-state index in [1.165, 1.54) is 0 Å². The first kappa shape index (κ1) is 19.7. The Bertz CT molecular complexity index is 989. The van der Waals surface area contributed by atoms with Crippen LogP contribution in [0.1, 0.15) is 22.3 Å². The Morgan fingerprint density at radius 1 is 0.893 bits per heavy atom. The molecule has 3 rings (SSSR count). The number of carbonyl (C=O) groups is 1. The highest BCUT2D eigenvalue weighted by atomic mass is 31.2. The van der Waals surface area contributed by atoms with E-state index in [2.05, 4.69) is 0 Å². The summed E-state index contributed by atoms with van der Waals surface area (Å²) in [7, 11) is -4.29. The molecule has 0 saturated heterocycles. The average molecular weight is 397 g/mol. The Morgan fingerprint density at radius 2 is 1.54 bits per heavy atom. The van der Waals surface area contributed by atoms with Crippen LogP contribution in [-0.2, 0) is 11.0 Å². The number of Topliss-reactive ketones (excluding diaryl/α,β-unsaturated/α-hetero) is 1. The van der Waals surface area contributed by atoms with Gasteiger partial charge in [-0.3, -0.25) is 9.69 Å². The van der Waals surface area contributed by atoms with Crippen LogP contribution in [0.5, 0.6) is 11.5 Å². The second-order valence-corrected chi connectivity index (χ2v) is 7.46. The van der Waals surface area contributed by atoms with Crippen molar-refractivity contribution in [2.75, 3.05) is 5.73 Å². The lowest BCUT2D eigenvalue weighted by Gasteiger charge is -2.14. The number of rotatable bonds is 8. The number of nitrogen functional groups attached to an aromatic ring is 1. The third-order valence-electron chi connectivity index (χ3n) is 3.96. The number of benzene rings is 3. The standard InChI is InChI=1S/C21H20NO5P/c22-18-6-4-5-17(15-18)21(23)14-11-16-9-12-20(13-10-16)27-28(24,25)26-19-7-2-1-3-8-19/h1-10,12-13,15H,11,14,22H2,(H,24,25). The zero-order valence-corrected chi connectivity index (χ0v) is 15.9. The predicted octanol–water partition coefficient (Wildman–Crippen LogP) is 4.64. The summed E-state index contributed by atoms with van der Waals surface area (Å²) < 4.78 is 22.2. The monoisotopic (exact) mass is 397 g/mol. The summed E-state index contributed by atoms with van der Waals surface area (Å²) in [5.41, 5.74) is 7.74. The largest absolute Gasteiger partial charge is 0.584 e. The molecule has 1 atom stereocenters. The first-order valence-corrected chi connectivity index (χ1v) is 10.2. The summed E-state index contributed by atoms with van der Waals surface area (Å²) in [6, 6.07) is 21.8. The molecule has 144 valence electrons. The van der Waals surface area contributed by atoms with Crippen LogP contribution in [-0.4, -0.2) is 10.7 Å². The van der Waals surface area contributed by atoms with Gasteiger partial charge in [0.15, 0.2) is 5.78 Å². The molecule has 0 saturated carbocycles. The first-order chi connectivity index (χ1) is 13.4. The van der Waals surface area contributed by atoms with Gasteiger partial charge in [0.1, 0.15) is 11.5 Å². The molecule has 0 spiro atoms. The molecule has 0 fully saturated rings. The van der Waals surface area contributed by atoms with Gasteiger partial charge in [-0.05, 0) is 48.4 Å². The van der Waals surface area contributed by atoms with Crippen molar-refractivity contribution in [3.05, 3.63) is 90.0 Å². The van der Waals surface area contributed by atoms with Crippen LogP contribution in [0.4, 0.5) is 5.69 Å². The van der Waals surface area contributed by atoms with Crippen LogP contribution in [0.2, 0.25) is 0 Å². The SMILES string of the molecule is Nc1cccc(C(=O)CCc2ccc(OP(=O)(O)Oc3ccccc3)cc2)c1. The van der Waals surface area contributed by atoms with Gasteiger partial charge >= 0.3 is 7.82 Å². The van der Waals surface area contributed by atoms with E-state index in [9.17, 15) is 14.3 Å². The lowest BCUT2D eigenvalue weighted by atomic mass is 10.0. The highest BCUT2D eigenvalue weighted by molar-refractivity contribution is 7.48. The topological polar surface area (TPSA) is 98.9 Å². The molecule has 0 heterocycles. The van der Waals surface area contributed by atoms with E-state index < -0.39 is 7.82 Å². The summed E-state index contributed by atoms with van der Waals surface area (Å²) in [4.78, 5) is 22.1. The van der Waals surface area contributed by atoms with Gasteiger partial charge in [-0.25, -0.2) is 4.57 Å². The number of hydrogen-bond acceptors (Lipinski definition) is 5. The van der Waals surface area contributed by atoms with Crippen molar-refractivity contribution in [2.45, 2.75) is 12.8 Å². The van der Waals surface area contributed by atoms with Crippen molar-refractivity contribution in [3.8, 4) is 11.5 Å². The maximum atomic E-state index is 12.2. The fourth-order valence-electron chi connectivity index (χ4n) is 2.60. The van der Waals surface area contributed by atoms with Crippen molar-refractivity contribution in [3.63, 3.8) is 0 Å². The van der Waals surface area contributed by atoms with Gasteiger partial charge < -0.3 is 14.8 Å². The van der Waals surface area contributed by atoms with Crippen LogP contribution in [0, 0.1) is 0 Å². The van der Waals surface area contributed by atoms with Crippen LogP contribution in [0.3, 0.4) is 0 Å². The normalized spacial score (nSPS) is 12.8. The second-order valence-electron chi connectivity index (χ2n) is 6.16. The van der Waals surface area contributed by atoms with Gasteiger partial charge in [-0.2, -0.15) is 0 Å². The Labute approximate surface area is 163 Å². The van der Waals surface area contributed by atoms with Crippen molar-refractivity contribution in [1.82, 2.24) is 0 Å². The van der Waals surface area contributed by atoms with Crippen molar-refractivity contribution in [1.29, 1.82) is 0 Å². The molecule has 3 aromatic carbocycles. The zero-order valence-electron chi connectivity index (χ0n) is 15.0. The molecule has 1 unspecified atom stereocenters. The number of aryl methyl sites for hydroxylation is 1. The number of anilines is 1. The number of para-hydroxylation sites is 1. The van der Waals surface area contributed by atoms with E-state index in [1.54, 1.807) is 78.9 Å². The Balaban J connectivity index is 1.56. The molecule has 3 N–H and O–H groups in total. The lowest BCUT2D eigenvalue weighted by Crippen LogP contribution is -2.02. The van der Waals surface area contributed by atoms with Crippen molar-refractivity contribution in [2.24, 2.45) is 0 Å². The fraction of sp³-hybridized carbons (Fsp3) is 0.0952. The van der Waals surface area contributed by atoms with E-state index in [0.29, 0.717) is 24.1 Å². The summed E-state index contributed by atoms with van der Waals surface area (Å²) >= 11 is 0. The minimum absolute atomic E-state index is 0.00347. The summed E-state index contributed by atoms with van der Waals surface area (Å²) in [6.07, 6.45) is 0.866. The Kier molecular flexibility index (Phi) is 6.14. The predicted molar refractivity (Wildman–Crippen MR) is 107 cm³/mol. The highest BCUT2D eigenvalue weighted by Crippen LogP contribution is 2.44. The zero-order chi connectivity index (χ0) is 20.0. The number of phosphoric acid groups is 1. The third-order valence-corrected chi connectivity index (χ3v) is 4.84. The maximum Gasteiger partial charge on any atom is 0.584 e. The molecular weight excluding hydrogens is 377 g/mol. The molecule has 28 heavy (non-hydrogen) atoms. The van der Waals surface area contributed by atoms with E-state index in [-0.39, 0.29) is 17.3 Å². The van der Waals surface area contributed by atoms with Gasteiger partial charge in [-0.1, -0.05) is 42.5 Å². The molecule has 0 aliphatic carbocycles. The van der Waals surface area contributed by atoms with Gasteiger partial charge in [0.2, 0.25) is 0 Å². The van der Waals surface area contributed by atoms with Crippen LogP contribution in [0.15, 0.2) is 78.9 Å². The molecule has 0 amide bonds. The molecule has 0 aliphatic rings. The molecule has 3 aromatic rings. The second kappa shape index (κ2) is 8.74. The summed E-state index contributed by atoms with van der Waals surface area (Å²) in [5, 5.41) is 0. The number of hydrogen-bond donors (Lipinski definition) is 2. The van der Waals surface area contributed by atoms with Crippen molar-refractivity contribution >= 4 is 19.3 Å². The highest BCUT2D eigenvalue weighted by Gasteiger charge is 2.24. The lowest BCUT2D eigenvalue weighted by molar-refractivity contribution is 0.0983. The molecule has 0 radical (unpaired) electrons. The molecule has 6 nitrogen and oxygen atoms in total. The number of nitrogens with two attached hydrogens (primary N) is 1. The van der Waals surface area contributed by atoms with Gasteiger partial charge in [-0.15, -0.1) is 0 Å². The molecule has 0 bridgehead atoms. The molecule has 0 aromatic heterocycles. The van der Waals surface area contributed by atoms with Gasteiger partial charge in [0.25, 0.3) is 0 Å². The van der Waals surface area contributed by atoms with E-state index in [1.807, 2.05) is 0 Å². The van der Waals surface area contributed by atoms with Crippen LogP contribution in [0.25, 0.3) is 0 Å². The van der Waals surface area contributed by atoms with Crippen molar-refractivity contribution < 1.29 is 23.3 Å². The summed E-state index contributed by atoms with van der Waals surface area (Å²) in [6.45, 7) is 0. The molecular formula is C21H20NO5P. The fourth-order valence-corrected chi connectivity index (χ4v) is 3.41. The average Bonchev–Trinajstić information content (AvgIpc) is 2.67. The Morgan fingerprint density at radius 3 is 2.18 bits per heavy atom. The number of carbonyl (C=O) groups excluding carboxylic acids is 1. The smallest absolute Gasteiger partial charge is 0.399 e. The minimum atomic E-state index is -4.29. The molecule has 7 heteroatoms. The van der Waals surface area contributed by atoms with E-state index in [0.717, 1.165) is 5.56 Å². The van der Waals surface area contributed by atoms with Gasteiger partial charge in [0.05, 0.1) is 0 Å². The number of ketones is 1.